The molecule has 5 nitrogen and oxygen atoms in total. The Morgan fingerprint density at radius 2 is 2.00 bits per heavy atom. The molecule has 2 N–H and O–H groups in total. The van der Waals surface area contributed by atoms with Crippen LogP contribution in [-0.2, 0) is 17.9 Å². The molecule has 0 spiro atoms. The molecule has 1 fully saturated rings. The zero-order valence-corrected chi connectivity index (χ0v) is 13.7. The van der Waals surface area contributed by atoms with E-state index in [1.165, 1.54) is 0 Å². The Morgan fingerprint density at radius 1 is 1.21 bits per heavy atom. The molecule has 1 saturated heterocycles. The predicted molar refractivity (Wildman–Crippen MR) is 92.8 cm³/mol. The molecule has 3 rings (SSSR count). The van der Waals surface area contributed by atoms with Gasteiger partial charge in [-0.3, -0.25) is 4.90 Å². The van der Waals surface area contributed by atoms with Crippen LogP contribution in [0.1, 0.15) is 29.7 Å². The number of aliphatic hydroxyl groups excluding tert-OH is 1. The maximum atomic E-state index is 11.7. The average Bonchev–Trinajstić information content (AvgIpc) is 3.06. The van der Waals surface area contributed by atoms with Crippen molar-refractivity contribution in [1.82, 2.24) is 5.32 Å². The molecule has 1 heterocycles. The topological polar surface area (TPSA) is 61.8 Å². The molecule has 2 aromatic rings. The number of aliphatic hydroxyl groups is 1. The Labute approximate surface area is 141 Å². The summed E-state index contributed by atoms with van der Waals surface area (Å²) in [4.78, 5) is 13.4. The van der Waals surface area contributed by atoms with Crippen LogP contribution in [0.3, 0.4) is 0 Å². The number of nitrogens with zero attached hydrogens (tertiary/aromatic N) is 1. The Kier molecular flexibility index (Phi) is 5.13. The normalized spacial score (nSPS) is 15.4. The molecular formula is C19H22N2O3. The molecule has 1 atom stereocenters. The number of benzene rings is 2. The highest BCUT2D eigenvalue weighted by Gasteiger charge is 2.23. The third kappa shape index (κ3) is 3.58. The SMILES string of the molecule is CC(NCc1ccccc1CO)c1cccc(N2CCOC2=O)c1. The van der Waals surface area contributed by atoms with Crippen molar-refractivity contribution in [2.24, 2.45) is 0 Å². The summed E-state index contributed by atoms with van der Waals surface area (Å²) in [6.07, 6.45) is -0.287. The number of carbonyl (C=O) groups is 1. The number of carbonyl (C=O) groups excluding carboxylic acids is 1. The van der Waals surface area contributed by atoms with Gasteiger partial charge in [-0.15, -0.1) is 0 Å². The lowest BCUT2D eigenvalue weighted by Crippen LogP contribution is -2.24. The van der Waals surface area contributed by atoms with Gasteiger partial charge in [0.1, 0.15) is 6.61 Å². The van der Waals surface area contributed by atoms with E-state index in [9.17, 15) is 9.90 Å². The first kappa shape index (κ1) is 16.5. The van der Waals surface area contributed by atoms with Crippen LogP contribution in [-0.4, -0.2) is 24.4 Å². The van der Waals surface area contributed by atoms with Gasteiger partial charge in [0.25, 0.3) is 0 Å². The quantitative estimate of drug-likeness (QED) is 0.857. The van der Waals surface area contributed by atoms with Crippen molar-refractivity contribution in [2.75, 3.05) is 18.1 Å². The predicted octanol–water partition coefficient (Wildman–Crippen LogP) is 2.99. The molecule has 5 heteroatoms. The summed E-state index contributed by atoms with van der Waals surface area (Å²) in [5, 5.41) is 12.9. The second-order valence-electron chi connectivity index (χ2n) is 5.89. The molecule has 0 radical (unpaired) electrons. The first-order chi connectivity index (χ1) is 11.7. The lowest BCUT2D eigenvalue weighted by molar-refractivity contribution is 0.181. The summed E-state index contributed by atoms with van der Waals surface area (Å²) in [6.45, 7) is 3.83. The lowest BCUT2D eigenvalue weighted by atomic mass is 10.1. The fourth-order valence-corrected chi connectivity index (χ4v) is 2.86. The van der Waals surface area contributed by atoms with Crippen LogP contribution < -0.4 is 10.2 Å². The summed E-state index contributed by atoms with van der Waals surface area (Å²) in [7, 11) is 0. The van der Waals surface area contributed by atoms with Gasteiger partial charge in [-0.1, -0.05) is 36.4 Å². The molecule has 1 aliphatic rings. The lowest BCUT2D eigenvalue weighted by Gasteiger charge is -2.19. The van der Waals surface area contributed by atoms with Gasteiger partial charge in [0.05, 0.1) is 13.2 Å². The van der Waals surface area contributed by atoms with Crippen molar-refractivity contribution < 1.29 is 14.6 Å². The van der Waals surface area contributed by atoms with E-state index in [1.54, 1.807) is 4.90 Å². The minimum absolute atomic E-state index is 0.0405. The smallest absolute Gasteiger partial charge is 0.414 e. The van der Waals surface area contributed by atoms with Crippen LogP contribution in [0.2, 0.25) is 0 Å². The minimum atomic E-state index is -0.287. The van der Waals surface area contributed by atoms with Crippen LogP contribution >= 0.6 is 0 Å². The van der Waals surface area contributed by atoms with E-state index in [0.29, 0.717) is 19.7 Å². The molecule has 126 valence electrons. The van der Waals surface area contributed by atoms with Gasteiger partial charge in [0, 0.05) is 18.3 Å². The van der Waals surface area contributed by atoms with Gasteiger partial charge in [-0.2, -0.15) is 0 Å². The number of cyclic esters (lactones) is 1. The molecule has 0 saturated carbocycles. The number of rotatable bonds is 6. The van der Waals surface area contributed by atoms with Gasteiger partial charge >= 0.3 is 6.09 Å². The van der Waals surface area contributed by atoms with Gasteiger partial charge < -0.3 is 15.2 Å². The number of hydrogen-bond acceptors (Lipinski definition) is 4. The molecule has 0 bridgehead atoms. The molecule has 2 aromatic carbocycles. The van der Waals surface area contributed by atoms with Crippen molar-refractivity contribution in [3.63, 3.8) is 0 Å². The number of amides is 1. The minimum Gasteiger partial charge on any atom is -0.447 e. The molecule has 1 amide bonds. The standard InChI is InChI=1S/C19H22N2O3/c1-14(20-12-16-5-2-3-6-17(16)13-22)15-7-4-8-18(11-15)21-9-10-24-19(21)23/h2-8,11,14,20,22H,9-10,12-13H2,1H3. The van der Waals surface area contributed by atoms with E-state index in [0.717, 1.165) is 22.4 Å². The van der Waals surface area contributed by atoms with E-state index >= 15 is 0 Å². The largest absolute Gasteiger partial charge is 0.447 e. The van der Waals surface area contributed by atoms with Gasteiger partial charge in [0.15, 0.2) is 0 Å². The maximum absolute atomic E-state index is 11.7. The van der Waals surface area contributed by atoms with Crippen LogP contribution in [0.25, 0.3) is 0 Å². The Hall–Kier alpha value is -2.37. The summed E-state index contributed by atoms with van der Waals surface area (Å²) in [5.41, 5.74) is 3.99. The van der Waals surface area contributed by atoms with Crippen LogP contribution in [0, 0.1) is 0 Å². The number of ether oxygens (including phenoxy) is 1. The van der Waals surface area contributed by atoms with Gasteiger partial charge in [0.2, 0.25) is 0 Å². The van der Waals surface area contributed by atoms with Crippen LogP contribution in [0.4, 0.5) is 10.5 Å². The Morgan fingerprint density at radius 3 is 2.71 bits per heavy atom. The summed E-state index contributed by atoms with van der Waals surface area (Å²) in [6, 6.07) is 15.9. The van der Waals surface area contributed by atoms with E-state index in [-0.39, 0.29) is 18.7 Å². The first-order valence-electron chi connectivity index (χ1n) is 8.14. The number of anilines is 1. The third-order valence-electron chi connectivity index (χ3n) is 4.33. The molecule has 0 aromatic heterocycles. The Bertz CT molecular complexity index is 717. The average molecular weight is 326 g/mol. The van der Waals surface area contributed by atoms with Crippen LogP contribution in [0.15, 0.2) is 48.5 Å². The number of hydrogen-bond donors (Lipinski definition) is 2. The number of nitrogens with one attached hydrogen (secondary N) is 1. The van der Waals surface area contributed by atoms with E-state index < -0.39 is 0 Å². The Balaban J connectivity index is 1.69. The monoisotopic (exact) mass is 326 g/mol. The molecule has 24 heavy (non-hydrogen) atoms. The summed E-state index contributed by atoms with van der Waals surface area (Å²) < 4.78 is 5.00. The van der Waals surface area contributed by atoms with E-state index in [2.05, 4.69) is 12.2 Å². The van der Waals surface area contributed by atoms with E-state index in [4.69, 9.17) is 4.74 Å². The maximum Gasteiger partial charge on any atom is 0.414 e. The first-order valence-corrected chi connectivity index (χ1v) is 8.14. The highest BCUT2D eigenvalue weighted by Crippen LogP contribution is 2.23. The zero-order chi connectivity index (χ0) is 16.9. The fraction of sp³-hybridized carbons (Fsp3) is 0.316. The molecule has 1 unspecified atom stereocenters. The van der Waals surface area contributed by atoms with Crippen molar-refractivity contribution >= 4 is 11.8 Å². The highest BCUT2D eigenvalue weighted by atomic mass is 16.6. The van der Waals surface area contributed by atoms with Crippen molar-refractivity contribution in [3.05, 3.63) is 65.2 Å². The van der Waals surface area contributed by atoms with Crippen LogP contribution in [0.5, 0.6) is 0 Å². The molecular weight excluding hydrogens is 304 g/mol. The van der Waals surface area contributed by atoms with Crippen molar-refractivity contribution in [2.45, 2.75) is 26.1 Å². The molecule has 0 aliphatic carbocycles. The third-order valence-corrected chi connectivity index (χ3v) is 4.33. The molecule has 1 aliphatic heterocycles. The van der Waals surface area contributed by atoms with Crippen molar-refractivity contribution in [3.8, 4) is 0 Å². The van der Waals surface area contributed by atoms with E-state index in [1.807, 2.05) is 48.5 Å². The van der Waals surface area contributed by atoms with Gasteiger partial charge in [-0.25, -0.2) is 4.79 Å². The second kappa shape index (κ2) is 7.47. The highest BCUT2D eigenvalue weighted by molar-refractivity contribution is 5.89. The zero-order valence-electron chi connectivity index (χ0n) is 13.7. The summed E-state index contributed by atoms with van der Waals surface area (Å²) >= 11 is 0. The second-order valence-corrected chi connectivity index (χ2v) is 5.89. The fourth-order valence-electron chi connectivity index (χ4n) is 2.86. The van der Waals surface area contributed by atoms with Gasteiger partial charge in [-0.05, 0) is 35.7 Å². The summed E-state index contributed by atoms with van der Waals surface area (Å²) in [5.74, 6) is 0. The van der Waals surface area contributed by atoms with Crippen molar-refractivity contribution in [1.29, 1.82) is 0 Å².